The van der Waals surface area contributed by atoms with Crippen LogP contribution in [0.25, 0.3) is 10.4 Å². The monoisotopic (exact) mass is 285 g/mol. The maximum atomic E-state index is 11.6. The van der Waals surface area contributed by atoms with E-state index in [-0.39, 0.29) is 24.5 Å². The lowest BCUT2D eigenvalue weighted by Gasteiger charge is -2.05. The predicted octanol–water partition coefficient (Wildman–Crippen LogP) is 1.32. The average molecular weight is 285 g/mol. The largest absolute Gasteiger partial charge is 0.269 e. The van der Waals surface area contributed by atoms with Gasteiger partial charge in [-0.25, -0.2) is 13.1 Å². The van der Waals surface area contributed by atoms with E-state index in [1.165, 1.54) is 24.3 Å². The molecule has 1 aromatic rings. The SMILES string of the molecule is [N-]=[N+]=NCCNS(=O)(=O)Cc1ccc([N+](=O)[O-])cc1. The minimum Gasteiger partial charge on any atom is -0.258 e. The van der Waals surface area contributed by atoms with Gasteiger partial charge in [0.2, 0.25) is 10.0 Å². The Bertz CT molecular complexity index is 592. The summed E-state index contributed by atoms with van der Waals surface area (Å²) >= 11 is 0. The van der Waals surface area contributed by atoms with Gasteiger partial charge < -0.3 is 0 Å². The van der Waals surface area contributed by atoms with Crippen LogP contribution >= 0.6 is 0 Å². The van der Waals surface area contributed by atoms with Crippen LogP contribution in [0.15, 0.2) is 29.4 Å². The van der Waals surface area contributed by atoms with E-state index < -0.39 is 14.9 Å². The van der Waals surface area contributed by atoms with Gasteiger partial charge in [0.15, 0.2) is 0 Å². The fourth-order valence-electron chi connectivity index (χ4n) is 1.28. The highest BCUT2D eigenvalue weighted by molar-refractivity contribution is 7.88. The Morgan fingerprint density at radius 2 is 2.00 bits per heavy atom. The van der Waals surface area contributed by atoms with Crippen molar-refractivity contribution in [1.82, 2.24) is 4.72 Å². The zero-order valence-electron chi connectivity index (χ0n) is 9.76. The molecule has 0 amide bonds. The molecule has 0 aliphatic heterocycles. The van der Waals surface area contributed by atoms with Crippen molar-refractivity contribution in [2.75, 3.05) is 13.1 Å². The summed E-state index contributed by atoms with van der Waals surface area (Å²) in [7, 11) is -3.55. The summed E-state index contributed by atoms with van der Waals surface area (Å²) in [4.78, 5) is 12.4. The maximum Gasteiger partial charge on any atom is 0.269 e. The molecule has 9 nitrogen and oxygen atoms in total. The molecule has 1 aromatic carbocycles. The van der Waals surface area contributed by atoms with Crippen molar-refractivity contribution in [1.29, 1.82) is 0 Å². The van der Waals surface area contributed by atoms with Crippen LogP contribution in [0.1, 0.15) is 5.56 Å². The summed E-state index contributed by atoms with van der Waals surface area (Å²) in [6, 6.07) is 5.24. The molecule has 0 saturated carbocycles. The smallest absolute Gasteiger partial charge is 0.258 e. The molecular weight excluding hydrogens is 274 g/mol. The van der Waals surface area contributed by atoms with Crippen LogP contribution < -0.4 is 4.72 Å². The number of hydrogen-bond acceptors (Lipinski definition) is 5. The molecule has 0 aromatic heterocycles. The van der Waals surface area contributed by atoms with Crippen LogP contribution in [-0.4, -0.2) is 26.4 Å². The van der Waals surface area contributed by atoms with Crippen molar-refractivity contribution in [2.45, 2.75) is 5.75 Å². The van der Waals surface area contributed by atoms with Crippen LogP contribution in [-0.2, 0) is 15.8 Å². The molecule has 19 heavy (non-hydrogen) atoms. The lowest BCUT2D eigenvalue weighted by molar-refractivity contribution is -0.384. The average Bonchev–Trinajstić information content (AvgIpc) is 2.35. The Morgan fingerprint density at radius 3 is 2.53 bits per heavy atom. The van der Waals surface area contributed by atoms with E-state index in [9.17, 15) is 18.5 Å². The lowest BCUT2D eigenvalue weighted by atomic mass is 10.2. The van der Waals surface area contributed by atoms with Gasteiger partial charge in [0.05, 0.1) is 10.7 Å². The number of hydrogen-bond donors (Lipinski definition) is 1. The van der Waals surface area contributed by atoms with Gasteiger partial charge in [-0.15, -0.1) is 0 Å². The molecule has 1 rings (SSSR count). The van der Waals surface area contributed by atoms with E-state index in [1.54, 1.807) is 0 Å². The highest BCUT2D eigenvalue weighted by Gasteiger charge is 2.12. The highest BCUT2D eigenvalue weighted by Crippen LogP contribution is 2.13. The maximum absolute atomic E-state index is 11.6. The number of benzene rings is 1. The number of nitrogens with zero attached hydrogens (tertiary/aromatic N) is 4. The Kier molecular flexibility index (Phi) is 5.24. The molecule has 0 spiro atoms. The summed E-state index contributed by atoms with van der Waals surface area (Å²) in [6.45, 7) is 0.0371. The second-order valence-corrected chi connectivity index (χ2v) is 5.34. The molecule has 102 valence electrons. The van der Waals surface area contributed by atoms with Crippen molar-refractivity contribution < 1.29 is 13.3 Å². The van der Waals surface area contributed by atoms with Crippen LogP contribution in [0.3, 0.4) is 0 Å². The van der Waals surface area contributed by atoms with Gasteiger partial charge in [-0.3, -0.25) is 10.1 Å². The Morgan fingerprint density at radius 1 is 1.37 bits per heavy atom. The molecule has 0 aliphatic rings. The number of nitro benzene ring substituents is 1. The summed E-state index contributed by atoms with van der Waals surface area (Å²) < 4.78 is 25.5. The third-order valence-electron chi connectivity index (χ3n) is 2.10. The first kappa shape index (κ1) is 14.9. The molecule has 0 atom stereocenters. The van der Waals surface area contributed by atoms with Crippen molar-refractivity contribution in [2.24, 2.45) is 5.11 Å². The number of nitrogens with one attached hydrogen (secondary N) is 1. The summed E-state index contributed by atoms with van der Waals surface area (Å²) in [5, 5.41) is 13.6. The first-order valence-corrected chi connectivity index (χ1v) is 6.81. The van der Waals surface area contributed by atoms with E-state index in [0.29, 0.717) is 5.56 Å². The van der Waals surface area contributed by atoms with Gasteiger partial charge in [-0.05, 0) is 11.1 Å². The van der Waals surface area contributed by atoms with Crippen molar-refractivity contribution in [3.8, 4) is 0 Å². The van der Waals surface area contributed by atoms with E-state index in [2.05, 4.69) is 14.7 Å². The third-order valence-corrected chi connectivity index (χ3v) is 3.46. The minimum atomic E-state index is -3.55. The molecule has 0 aliphatic carbocycles. The van der Waals surface area contributed by atoms with E-state index in [0.717, 1.165) is 0 Å². The van der Waals surface area contributed by atoms with E-state index in [4.69, 9.17) is 5.53 Å². The van der Waals surface area contributed by atoms with E-state index >= 15 is 0 Å². The lowest BCUT2D eigenvalue weighted by Crippen LogP contribution is -2.27. The Balaban J connectivity index is 2.62. The molecule has 0 unspecified atom stereocenters. The molecule has 0 radical (unpaired) electrons. The zero-order valence-corrected chi connectivity index (χ0v) is 10.6. The predicted molar refractivity (Wildman–Crippen MR) is 67.7 cm³/mol. The molecule has 0 bridgehead atoms. The van der Waals surface area contributed by atoms with Gasteiger partial charge >= 0.3 is 0 Å². The quantitative estimate of drug-likeness (QED) is 0.201. The molecule has 0 heterocycles. The number of non-ortho nitro benzene ring substituents is 1. The zero-order chi connectivity index (χ0) is 14.3. The first-order chi connectivity index (χ1) is 8.94. The number of nitro groups is 1. The van der Waals surface area contributed by atoms with Gasteiger partial charge in [0.1, 0.15) is 0 Å². The number of sulfonamides is 1. The fourth-order valence-corrected chi connectivity index (χ4v) is 2.42. The Labute approximate surface area is 109 Å². The number of azide groups is 1. The first-order valence-electron chi connectivity index (χ1n) is 5.16. The van der Waals surface area contributed by atoms with Gasteiger partial charge in [-0.2, -0.15) is 0 Å². The van der Waals surface area contributed by atoms with Crippen LogP contribution in [0.4, 0.5) is 5.69 Å². The molecular formula is C9H11N5O4S. The van der Waals surface area contributed by atoms with Crippen LogP contribution in [0.5, 0.6) is 0 Å². The van der Waals surface area contributed by atoms with Crippen molar-refractivity contribution in [3.63, 3.8) is 0 Å². The van der Waals surface area contributed by atoms with Gasteiger partial charge in [0, 0.05) is 30.1 Å². The van der Waals surface area contributed by atoms with Crippen LogP contribution in [0, 0.1) is 10.1 Å². The number of rotatable bonds is 7. The topological polar surface area (TPSA) is 138 Å². The second-order valence-electron chi connectivity index (χ2n) is 3.53. The standard InChI is InChI=1S/C9H11N5O4S/c10-13-11-5-6-12-19(17,18)7-8-1-3-9(4-2-8)14(15)16/h1-4,12H,5-7H2. The van der Waals surface area contributed by atoms with Crippen LogP contribution in [0.2, 0.25) is 0 Å². The van der Waals surface area contributed by atoms with Crippen molar-refractivity contribution in [3.05, 3.63) is 50.4 Å². The van der Waals surface area contributed by atoms with E-state index in [1.807, 2.05) is 0 Å². The summed E-state index contributed by atoms with van der Waals surface area (Å²) in [6.07, 6.45) is 0. The molecule has 0 fully saturated rings. The minimum absolute atomic E-state index is 0.0133. The third kappa shape index (κ3) is 5.34. The normalized spacial score (nSPS) is 10.7. The Hall–Kier alpha value is -2.16. The fraction of sp³-hybridized carbons (Fsp3) is 0.333. The van der Waals surface area contributed by atoms with Crippen molar-refractivity contribution >= 4 is 15.7 Å². The molecule has 1 N–H and O–H groups in total. The second kappa shape index (κ2) is 6.69. The molecule has 10 heteroatoms. The van der Waals surface area contributed by atoms with Gasteiger partial charge in [-0.1, -0.05) is 17.2 Å². The highest BCUT2D eigenvalue weighted by atomic mass is 32.2. The summed E-state index contributed by atoms with van der Waals surface area (Å²) in [5.41, 5.74) is 8.36. The van der Waals surface area contributed by atoms with Gasteiger partial charge in [0.25, 0.3) is 5.69 Å². The molecule has 0 saturated heterocycles. The summed E-state index contributed by atoms with van der Waals surface area (Å²) in [5.74, 6) is -0.290.